The van der Waals surface area contributed by atoms with Gasteiger partial charge in [-0.1, -0.05) is 0 Å². The lowest BCUT2D eigenvalue weighted by atomic mass is 10.1. The van der Waals surface area contributed by atoms with Crippen LogP contribution < -0.4 is 16.4 Å². The number of carbonyl (C=O) groups is 2. The molecule has 0 unspecified atom stereocenters. The molecule has 21 heavy (non-hydrogen) atoms. The SMILES string of the molecule is COC(=O)c1c(N2CCC(OC)CC2)sc(C(N)=O)c1N. The molecule has 0 radical (unpaired) electrons. The Kier molecular flexibility index (Phi) is 4.69. The summed E-state index contributed by atoms with van der Waals surface area (Å²) in [5.41, 5.74) is 11.5. The van der Waals surface area contributed by atoms with Crippen LogP contribution in [0.2, 0.25) is 0 Å². The number of hydrogen-bond acceptors (Lipinski definition) is 7. The number of anilines is 2. The van der Waals surface area contributed by atoms with E-state index in [1.54, 1.807) is 7.11 Å². The fourth-order valence-electron chi connectivity index (χ4n) is 2.43. The summed E-state index contributed by atoms with van der Waals surface area (Å²) in [5.74, 6) is -1.19. The molecule has 0 saturated carbocycles. The minimum atomic E-state index is -0.638. The first-order chi connectivity index (χ1) is 9.99. The van der Waals surface area contributed by atoms with Gasteiger partial charge in [0, 0.05) is 20.2 Å². The Labute approximate surface area is 126 Å². The molecule has 0 aliphatic carbocycles. The highest BCUT2D eigenvalue weighted by molar-refractivity contribution is 7.19. The van der Waals surface area contributed by atoms with Crippen LogP contribution in [0, 0.1) is 0 Å². The first-order valence-electron chi connectivity index (χ1n) is 6.57. The number of nitrogens with zero attached hydrogens (tertiary/aromatic N) is 1. The first-order valence-corrected chi connectivity index (χ1v) is 7.39. The monoisotopic (exact) mass is 313 g/mol. The van der Waals surface area contributed by atoms with Crippen molar-refractivity contribution in [3.05, 3.63) is 10.4 Å². The van der Waals surface area contributed by atoms with E-state index in [1.807, 2.05) is 4.90 Å². The largest absolute Gasteiger partial charge is 0.465 e. The number of piperidine rings is 1. The quantitative estimate of drug-likeness (QED) is 0.797. The van der Waals surface area contributed by atoms with E-state index >= 15 is 0 Å². The van der Waals surface area contributed by atoms with Crippen molar-refractivity contribution >= 4 is 33.9 Å². The second kappa shape index (κ2) is 6.31. The number of primary amides is 1. The van der Waals surface area contributed by atoms with E-state index in [2.05, 4.69) is 0 Å². The number of thiophene rings is 1. The third-order valence-electron chi connectivity index (χ3n) is 3.60. The summed E-state index contributed by atoms with van der Waals surface area (Å²) in [6.07, 6.45) is 1.91. The van der Waals surface area contributed by atoms with Gasteiger partial charge >= 0.3 is 5.97 Å². The van der Waals surface area contributed by atoms with E-state index in [1.165, 1.54) is 7.11 Å². The Balaban J connectivity index is 2.36. The molecule has 0 atom stereocenters. The van der Waals surface area contributed by atoms with Gasteiger partial charge in [0.15, 0.2) is 0 Å². The van der Waals surface area contributed by atoms with Gasteiger partial charge in [0.25, 0.3) is 5.91 Å². The number of esters is 1. The number of methoxy groups -OCH3 is 2. The van der Waals surface area contributed by atoms with Crippen LogP contribution >= 0.6 is 11.3 Å². The molecule has 7 nitrogen and oxygen atoms in total. The van der Waals surface area contributed by atoms with Gasteiger partial charge in [-0.25, -0.2) is 4.79 Å². The molecule has 1 fully saturated rings. The van der Waals surface area contributed by atoms with Crippen molar-refractivity contribution < 1.29 is 19.1 Å². The van der Waals surface area contributed by atoms with Crippen molar-refractivity contribution in [2.75, 3.05) is 37.9 Å². The normalized spacial score (nSPS) is 16.0. The van der Waals surface area contributed by atoms with Crippen molar-refractivity contribution in [2.24, 2.45) is 5.73 Å². The first kappa shape index (κ1) is 15.6. The Hall–Kier alpha value is -1.80. The lowest BCUT2D eigenvalue weighted by Gasteiger charge is -2.32. The summed E-state index contributed by atoms with van der Waals surface area (Å²) in [6.45, 7) is 1.45. The third-order valence-corrected chi connectivity index (χ3v) is 4.88. The topological polar surface area (TPSA) is 108 Å². The third kappa shape index (κ3) is 2.96. The molecule has 0 aromatic carbocycles. The van der Waals surface area contributed by atoms with E-state index in [4.69, 9.17) is 20.9 Å². The number of hydrogen-bond donors (Lipinski definition) is 2. The van der Waals surface area contributed by atoms with Gasteiger partial charge in [0.1, 0.15) is 15.4 Å². The van der Waals surface area contributed by atoms with Crippen LogP contribution in [0.4, 0.5) is 10.7 Å². The molecular formula is C13H19N3O4S. The molecule has 1 amide bonds. The molecule has 2 rings (SSSR count). The lowest BCUT2D eigenvalue weighted by molar-refractivity contribution is 0.0602. The van der Waals surface area contributed by atoms with Crippen molar-refractivity contribution in [1.29, 1.82) is 0 Å². The van der Waals surface area contributed by atoms with Crippen LogP contribution in [0.15, 0.2) is 0 Å². The van der Waals surface area contributed by atoms with Crippen LogP contribution in [0.3, 0.4) is 0 Å². The molecule has 1 aromatic rings. The minimum Gasteiger partial charge on any atom is -0.465 e. The van der Waals surface area contributed by atoms with Crippen LogP contribution in [0.1, 0.15) is 32.9 Å². The molecule has 116 valence electrons. The minimum absolute atomic E-state index is 0.100. The van der Waals surface area contributed by atoms with Crippen molar-refractivity contribution in [2.45, 2.75) is 18.9 Å². The van der Waals surface area contributed by atoms with Crippen molar-refractivity contribution in [3.63, 3.8) is 0 Å². The number of nitrogens with two attached hydrogens (primary N) is 2. The fraction of sp³-hybridized carbons (Fsp3) is 0.538. The Morgan fingerprint density at radius 1 is 1.29 bits per heavy atom. The molecule has 8 heteroatoms. The van der Waals surface area contributed by atoms with Crippen molar-refractivity contribution in [1.82, 2.24) is 0 Å². The van der Waals surface area contributed by atoms with Gasteiger partial charge in [-0.15, -0.1) is 11.3 Å². The maximum atomic E-state index is 12.0. The van der Waals surface area contributed by atoms with Gasteiger partial charge in [-0.05, 0) is 12.8 Å². The zero-order valence-electron chi connectivity index (χ0n) is 12.0. The summed E-state index contributed by atoms with van der Waals surface area (Å²) in [7, 11) is 2.97. The highest BCUT2D eigenvalue weighted by atomic mass is 32.1. The molecule has 4 N–H and O–H groups in total. The number of amides is 1. The molecule has 1 saturated heterocycles. The van der Waals surface area contributed by atoms with Gasteiger partial charge < -0.3 is 25.8 Å². The molecule has 0 spiro atoms. The summed E-state index contributed by atoms with van der Waals surface area (Å²) < 4.78 is 10.1. The van der Waals surface area contributed by atoms with Crippen LogP contribution in [0.5, 0.6) is 0 Å². The molecule has 1 aliphatic heterocycles. The van der Waals surface area contributed by atoms with E-state index < -0.39 is 11.9 Å². The lowest BCUT2D eigenvalue weighted by Crippen LogP contribution is -2.36. The summed E-state index contributed by atoms with van der Waals surface area (Å²) >= 11 is 1.14. The van der Waals surface area contributed by atoms with E-state index in [0.29, 0.717) is 5.00 Å². The molecule has 0 bridgehead atoms. The Morgan fingerprint density at radius 2 is 1.90 bits per heavy atom. The molecular weight excluding hydrogens is 294 g/mol. The second-order valence-electron chi connectivity index (χ2n) is 4.80. The number of rotatable bonds is 4. The van der Waals surface area contributed by atoms with Gasteiger partial charge in [-0.2, -0.15) is 0 Å². The average Bonchev–Trinajstić information content (AvgIpc) is 2.84. The van der Waals surface area contributed by atoms with Crippen LogP contribution in [-0.4, -0.2) is 45.3 Å². The van der Waals surface area contributed by atoms with E-state index in [0.717, 1.165) is 37.3 Å². The van der Waals surface area contributed by atoms with Crippen LogP contribution in [-0.2, 0) is 9.47 Å². The zero-order chi connectivity index (χ0) is 15.6. The van der Waals surface area contributed by atoms with Crippen LogP contribution in [0.25, 0.3) is 0 Å². The Bertz CT molecular complexity index is 550. The predicted molar refractivity (Wildman–Crippen MR) is 80.8 cm³/mol. The smallest absolute Gasteiger partial charge is 0.343 e. The average molecular weight is 313 g/mol. The summed E-state index contributed by atoms with van der Waals surface area (Å²) in [5, 5.41) is 0.641. The highest BCUT2D eigenvalue weighted by Crippen LogP contribution is 2.39. The maximum absolute atomic E-state index is 12.0. The predicted octanol–water partition coefficient (Wildman–Crippen LogP) is 0.831. The maximum Gasteiger partial charge on any atom is 0.343 e. The zero-order valence-corrected chi connectivity index (χ0v) is 12.9. The van der Waals surface area contributed by atoms with Gasteiger partial charge in [0.2, 0.25) is 0 Å². The van der Waals surface area contributed by atoms with E-state index in [-0.39, 0.29) is 22.2 Å². The highest BCUT2D eigenvalue weighted by Gasteiger charge is 2.30. The fourth-order valence-corrected chi connectivity index (χ4v) is 3.54. The summed E-state index contributed by atoms with van der Waals surface area (Å²) in [6, 6.07) is 0. The van der Waals surface area contributed by atoms with Gasteiger partial charge in [-0.3, -0.25) is 4.79 Å². The number of carbonyl (C=O) groups excluding carboxylic acids is 2. The van der Waals surface area contributed by atoms with E-state index in [9.17, 15) is 9.59 Å². The molecule has 1 aliphatic rings. The Morgan fingerprint density at radius 3 is 2.38 bits per heavy atom. The summed E-state index contributed by atoms with van der Waals surface area (Å²) in [4.78, 5) is 25.6. The van der Waals surface area contributed by atoms with Gasteiger partial charge in [0.05, 0.1) is 18.9 Å². The number of nitrogen functional groups attached to an aromatic ring is 1. The second-order valence-corrected chi connectivity index (χ2v) is 5.80. The van der Waals surface area contributed by atoms with Crippen molar-refractivity contribution in [3.8, 4) is 0 Å². The molecule has 1 aromatic heterocycles. The number of ether oxygens (including phenoxy) is 2. The molecule has 2 heterocycles. The standard InChI is InChI=1S/C13H19N3O4S/c1-19-7-3-5-16(6-4-7)12-8(13(18)20-2)9(14)10(21-12)11(15)17/h7H,3-6,14H2,1-2H3,(H2,15,17).